The first-order chi connectivity index (χ1) is 23.2. The van der Waals surface area contributed by atoms with Crippen LogP contribution in [0.2, 0.25) is 0 Å². The molecule has 11 nitrogen and oxygen atoms in total. The number of ether oxygens (including phenoxy) is 1. The molecule has 48 heavy (non-hydrogen) atoms. The molecule has 4 aromatic rings. The van der Waals surface area contributed by atoms with Crippen molar-refractivity contribution in [3.05, 3.63) is 71.6 Å². The number of nitrogens with one attached hydrogen (secondary N) is 3. The van der Waals surface area contributed by atoms with Crippen LogP contribution in [0.5, 0.6) is 0 Å². The summed E-state index contributed by atoms with van der Waals surface area (Å²) in [6, 6.07) is 15.3. The molecule has 4 heterocycles. The largest absolute Gasteiger partial charge is 0.453 e. The van der Waals surface area contributed by atoms with Gasteiger partial charge in [0.25, 0.3) is 0 Å². The molecule has 11 heteroatoms. The van der Waals surface area contributed by atoms with Crippen molar-refractivity contribution in [3.8, 4) is 45.5 Å². The van der Waals surface area contributed by atoms with Gasteiger partial charge in [-0.3, -0.25) is 9.59 Å². The number of imidazole rings is 2. The van der Waals surface area contributed by atoms with Crippen LogP contribution < -0.4 is 5.32 Å². The molecule has 2 aromatic heterocycles. The van der Waals surface area contributed by atoms with E-state index in [1.165, 1.54) is 7.11 Å². The number of alkyl carbamates (subject to hydrolysis) is 1. The van der Waals surface area contributed by atoms with Crippen LogP contribution >= 0.6 is 0 Å². The van der Waals surface area contributed by atoms with Crippen molar-refractivity contribution in [1.82, 2.24) is 35.1 Å². The normalized spacial score (nSPS) is 17.9. The molecule has 0 spiro atoms. The number of carbonyl (C=O) groups is 3. The number of rotatable bonds is 8. The minimum absolute atomic E-state index is 0.00739. The number of H-pyrrole nitrogens is 2. The number of benzene rings is 2. The van der Waals surface area contributed by atoms with E-state index in [9.17, 15) is 14.4 Å². The minimum atomic E-state index is -0.766. The highest BCUT2D eigenvalue weighted by atomic mass is 16.5. The van der Waals surface area contributed by atoms with Gasteiger partial charge in [0.2, 0.25) is 11.8 Å². The maximum atomic E-state index is 13.2. The number of amides is 3. The zero-order chi connectivity index (χ0) is 33.9. The summed E-state index contributed by atoms with van der Waals surface area (Å²) in [5.74, 6) is 7.62. The Bertz CT molecular complexity index is 1880. The Hall–Kier alpha value is -5.37. The van der Waals surface area contributed by atoms with Crippen molar-refractivity contribution in [1.29, 1.82) is 0 Å². The highest BCUT2D eigenvalue weighted by Gasteiger charge is 2.33. The summed E-state index contributed by atoms with van der Waals surface area (Å²) in [7, 11) is 1.26. The average Bonchev–Trinajstić information content (AvgIpc) is 3.86. The van der Waals surface area contributed by atoms with Gasteiger partial charge in [-0.15, -0.1) is 0 Å². The van der Waals surface area contributed by atoms with Gasteiger partial charge in [-0.2, -0.15) is 0 Å². The van der Waals surface area contributed by atoms with E-state index in [0.29, 0.717) is 25.2 Å². The first-order valence-corrected chi connectivity index (χ1v) is 16.5. The summed E-state index contributed by atoms with van der Waals surface area (Å²) < 4.78 is 4.65. The average molecular weight is 648 g/mol. The number of aromatic nitrogens is 4. The van der Waals surface area contributed by atoms with Gasteiger partial charge in [-0.25, -0.2) is 14.8 Å². The van der Waals surface area contributed by atoms with Crippen LogP contribution in [-0.2, 0) is 14.3 Å². The topological polar surface area (TPSA) is 136 Å². The molecule has 0 radical (unpaired) electrons. The number of aryl methyl sites for hydroxylation is 2. The number of methoxy groups -OCH3 is 1. The lowest BCUT2D eigenvalue weighted by Crippen LogP contribution is -2.49. The number of carbonyl (C=O) groups excluding carboxylic acids is 3. The molecule has 248 valence electrons. The predicted molar refractivity (Wildman–Crippen MR) is 182 cm³/mol. The minimum Gasteiger partial charge on any atom is -0.453 e. The lowest BCUT2D eigenvalue weighted by Gasteiger charge is -2.31. The Morgan fingerprint density at radius 3 is 2.04 bits per heavy atom. The van der Waals surface area contributed by atoms with E-state index >= 15 is 0 Å². The zero-order valence-electron chi connectivity index (χ0n) is 28.0. The SMILES string of the molecule is CCC(=O)N1CCC[C@H]1c1nc(-c2ccc(-c3ccc(-c4nc([C@@H]5C#CCCN5C(=O)C(C)NC(=O)OC)[nH]c4C)cc3)cc2)c(C)[nH]1. The number of hydrogen-bond donors (Lipinski definition) is 3. The summed E-state index contributed by atoms with van der Waals surface area (Å²) in [6.07, 6.45) is 2.30. The van der Waals surface area contributed by atoms with Gasteiger partial charge in [0, 0.05) is 48.4 Å². The fourth-order valence-electron chi connectivity index (χ4n) is 6.56. The van der Waals surface area contributed by atoms with Gasteiger partial charge in [-0.05, 0) is 44.7 Å². The van der Waals surface area contributed by atoms with Gasteiger partial charge in [0.15, 0.2) is 6.04 Å². The molecular weight excluding hydrogens is 606 g/mol. The van der Waals surface area contributed by atoms with Gasteiger partial charge >= 0.3 is 6.09 Å². The van der Waals surface area contributed by atoms with E-state index in [4.69, 9.17) is 9.97 Å². The number of nitrogens with zero attached hydrogens (tertiary/aromatic N) is 4. The number of aromatic amines is 2. The highest BCUT2D eigenvalue weighted by molar-refractivity contribution is 5.86. The third-order valence-corrected chi connectivity index (χ3v) is 9.11. The second-order valence-corrected chi connectivity index (χ2v) is 12.3. The van der Waals surface area contributed by atoms with Crippen LogP contribution in [0, 0.1) is 25.7 Å². The quantitative estimate of drug-likeness (QED) is 0.206. The molecule has 1 saturated heterocycles. The summed E-state index contributed by atoms with van der Waals surface area (Å²) in [5, 5.41) is 2.54. The fraction of sp³-hybridized carbons (Fsp3) is 0.378. The van der Waals surface area contributed by atoms with Crippen molar-refractivity contribution in [2.75, 3.05) is 20.2 Å². The smallest absolute Gasteiger partial charge is 0.407 e. The third-order valence-electron chi connectivity index (χ3n) is 9.11. The van der Waals surface area contributed by atoms with Crippen LogP contribution in [0.4, 0.5) is 4.79 Å². The molecule has 3 amide bonds. The summed E-state index contributed by atoms with van der Waals surface area (Å²) in [4.78, 5) is 57.6. The molecule has 1 unspecified atom stereocenters. The van der Waals surface area contributed by atoms with Gasteiger partial charge in [-0.1, -0.05) is 67.3 Å². The van der Waals surface area contributed by atoms with E-state index in [1.807, 2.05) is 37.8 Å². The van der Waals surface area contributed by atoms with E-state index < -0.39 is 18.2 Å². The summed E-state index contributed by atoms with van der Waals surface area (Å²) >= 11 is 0. The van der Waals surface area contributed by atoms with E-state index in [1.54, 1.807) is 11.8 Å². The van der Waals surface area contributed by atoms with E-state index in [2.05, 4.69) is 68.3 Å². The molecule has 2 aromatic carbocycles. The second-order valence-electron chi connectivity index (χ2n) is 12.3. The highest BCUT2D eigenvalue weighted by Crippen LogP contribution is 2.34. The van der Waals surface area contributed by atoms with Crippen LogP contribution in [0.3, 0.4) is 0 Å². The van der Waals surface area contributed by atoms with Crippen LogP contribution in [-0.4, -0.2) is 73.9 Å². The molecule has 2 aliphatic rings. The predicted octanol–water partition coefficient (Wildman–Crippen LogP) is 5.85. The molecule has 3 atom stereocenters. The maximum Gasteiger partial charge on any atom is 0.407 e. The van der Waals surface area contributed by atoms with Crippen LogP contribution in [0.25, 0.3) is 33.6 Å². The lowest BCUT2D eigenvalue weighted by molar-refractivity contribution is -0.134. The Morgan fingerprint density at radius 2 is 1.46 bits per heavy atom. The summed E-state index contributed by atoms with van der Waals surface area (Å²) in [5.41, 5.74) is 7.68. The van der Waals surface area contributed by atoms with Crippen LogP contribution in [0.1, 0.15) is 74.7 Å². The third kappa shape index (κ3) is 6.43. The first-order valence-electron chi connectivity index (χ1n) is 16.5. The number of likely N-dealkylation sites (tertiary alicyclic amines) is 1. The van der Waals surface area contributed by atoms with Crippen molar-refractivity contribution < 1.29 is 19.1 Å². The first kappa shape index (κ1) is 32.6. The monoisotopic (exact) mass is 647 g/mol. The standard InChI is InChI=1S/C37H41N7O4/c1-6-31(45)43-21-9-11-29(43)34-38-22(2)32(41-34)27-16-12-25(13-17-27)26-14-18-28(19-15-26)33-23(3)39-35(42-33)30-10-7-8-20-44(30)36(46)24(4)40-37(47)48-5/h12-19,24,29-30H,6,8-9,11,20-21H2,1-5H3,(H,38,41)(H,39,42)(H,40,47)/t24?,29-,30-/m0/s1. The Balaban J connectivity index is 1.17. The van der Waals surface area contributed by atoms with Crippen molar-refractivity contribution in [3.63, 3.8) is 0 Å². The van der Waals surface area contributed by atoms with Gasteiger partial charge in [0.05, 0.1) is 24.5 Å². The molecule has 1 fully saturated rings. The zero-order valence-corrected chi connectivity index (χ0v) is 28.0. The van der Waals surface area contributed by atoms with E-state index in [0.717, 1.165) is 70.2 Å². The van der Waals surface area contributed by atoms with Crippen LogP contribution in [0.15, 0.2) is 48.5 Å². The van der Waals surface area contributed by atoms with Gasteiger partial charge in [0.1, 0.15) is 17.7 Å². The Kier molecular flexibility index (Phi) is 9.35. The second kappa shape index (κ2) is 13.8. The Labute approximate surface area is 280 Å². The van der Waals surface area contributed by atoms with Gasteiger partial charge < -0.3 is 29.8 Å². The molecule has 6 rings (SSSR count). The molecule has 2 aliphatic heterocycles. The van der Waals surface area contributed by atoms with Crippen molar-refractivity contribution in [2.45, 2.75) is 71.5 Å². The molecular formula is C37H41N7O4. The lowest BCUT2D eigenvalue weighted by atomic mass is 10.0. The maximum absolute atomic E-state index is 13.2. The fourth-order valence-corrected chi connectivity index (χ4v) is 6.56. The Morgan fingerprint density at radius 1 is 0.896 bits per heavy atom. The van der Waals surface area contributed by atoms with E-state index in [-0.39, 0.29) is 17.9 Å². The molecule has 0 bridgehead atoms. The molecule has 0 aliphatic carbocycles. The number of hydrogen-bond acceptors (Lipinski definition) is 6. The van der Waals surface area contributed by atoms with Crippen molar-refractivity contribution >= 4 is 17.9 Å². The molecule has 0 saturated carbocycles. The molecule has 3 N–H and O–H groups in total. The summed E-state index contributed by atoms with van der Waals surface area (Å²) in [6.45, 7) is 8.74. The van der Waals surface area contributed by atoms with Crippen molar-refractivity contribution in [2.24, 2.45) is 0 Å².